The van der Waals surface area contributed by atoms with Gasteiger partial charge in [-0.05, 0) is 24.8 Å². The van der Waals surface area contributed by atoms with Crippen LogP contribution >= 0.6 is 0 Å². The van der Waals surface area contributed by atoms with Gasteiger partial charge in [0.2, 0.25) is 5.95 Å². The molecule has 1 aromatic heterocycles. The molecule has 1 aliphatic rings. The first-order chi connectivity index (χ1) is 8.07. The third-order valence-corrected chi connectivity index (χ3v) is 3.34. The molecule has 1 saturated carbocycles. The van der Waals surface area contributed by atoms with Gasteiger partial charge in [-0.15, -0.1) is 0 Å². The summed E-state index contributed by atoms with van der Waals surface area (Å²) in [5.41, 5.74) is 4.88. The highest BCUT2D eigenvalue weighted by molar-refractivity contribution is 5.37. The monoisotopic (exact) mass is 236 g/mol. The summed E-state index contributed by atoms with van der Waals surface area (Å²) >= 11 is 0. The summed E-state index contributed by atoms with van der Waals surface area (Å²) in [7, 11) is 0. The van der Waals surface area contributed by atoms with Gasteiger partial charge in [0.25, 0.3) is 0 Å². The van der Waals surface area contributed by atoms with Crippen LogP contribution in [0.4, 0.5) is 11.8 Å². The zero-order valence-corrected chi connectivity index (χ0v) is 10.2. The Kier molecular flexibility index (Phi) is 3.47. The second-order valence-corrected chi connectivity index (χ2v) is 5.08. The normalized spacial score (nSPS) is 28.9. The average molecular weight is 236 g/mol. The van der Waals surface area contributed by atoms with E-state index in [1.54, 1.807) is 12.3 Å². The van der Waals surface area contributed by atoms with Gasteiger partial charge < -0.3 is 16.2 Å². The molecule has 2 atom stereocenters. The van der Waals surface area contributed by atoms with Crippen molar-refractivity contribution in [2.75, 3.05) is 17.6 Å². The molecule has 0 radical (unpaired) electrons. The molecule has 0 aromatic carbocycles. The van der Waals surface area contributed by atoms with Crippen molar-refractivity contribution in [3.05, 3.63) is 12.3 Å². The van der Waals surface area contributed by atoms with E-state index >= 15 is 0 Å². The van der Waals surface area contributed by atoms with Crippen molar-refractivity contribution in [3.8, 4) is 0 Å². The summed E-state index contributed by atoms with van der Waals surface area (Å²) in [5.74, 6) is 1.51. The standard InChI is InChI=1S/C12H20N4O/c1-9-3-2-5-12(17,7-9)8-15-10-4-6-14-11(13)16-10/h4,6,9,17H,2-3,5,7-8H2,1H3,(H3,13,14,15,16). The lowest BCUT2D eigenvalue weighted by Gasteiger charge is -2.35. The Morgan fingerprint density at radius 1 is 1.65 bits per heavy atom. The minimum absolute atomic E-state index is 0.249. The van der Waals surface area contributed by atoms with Crippen LogP contribution in [0, 0.1) is 5.92 Å². The molecule has 0 saturated heterocycles. The van der Waals surface area contributed by atoms with E-state index in [-0.39, 0.29) is 5.95 Å². The van der Waals surface area contributed by atoms with E-state index in [0.29, 0.717) is 18.3 Å². The van der Waals surface area contributed by atoms with E-state index in [4.69, 9.17) is 5.73 Å². The molecule has 0 amide bonds. The number of nitrogens with two attached hydrogens (primary N) is 1. The van der Waals surface area contributed by atoms with Crippen LogP contribution in [0.5, 0.6) is 0 Å². The number of rotatable bonds is 3. The zero-order chi connectivity index (χ0) is 12.3. The van der Waals surface area contributed by atoms with Gasteiger partial charge >= 0.3 is 0 Å². The number of hydrogen-bond donors (Lipinski definition) is 3. The fourth-order valence-electron chi connectivity index (χ4n) is 2.52. The maximum atomic E-state index is 10.4. The summed E-state index contributed by atoms with van der Waals surface area (Å²) in [6.45, 7) is 2.71. The lowest BCUT2D eigenvalue weighted by atomic mass is 9.79. The molecule has 5 nitrogen and oxygen atoms in total. The molecule has 0 bridgehead atoms. The number of nitrogens with one attached hydrogen (secondary N) is 1. The van der Waals surface area contributed by atoms with Crippen LogP contribution in [0.15, 0.2) is 12.3 Å². The highest BCUT2D eigenvalue weighted by Gasteiger charge is 2.32. The molecule has 94 valence electrons. The molecule has 1 aliphatic carbocycles. The minimum Gasteiger partial charge on any atom is -0.388 e. The van der Waals surface area contributed by atoms with Crippen LogP contribution in [0.2, 0.25) is 0 Å². The van der Waals surface area contributed by atoms with Gasteiger partial charge in [0.1, 0.15) is 5.82 Å². The Bertz CT molecular complexity index is 385. The first-order valence-corrected chi connectivity index (χ1v) is 6.12. The molecule has 5 heteroatoms. The second-order valence-electron chi connectivity index (χ2n) is 5.08. The fourth-order valence-corrected chi connectivity index (χ4v) is 2.52. The van der Waals surface area contributed by atoms with Gasteiger partial charge in [-0.3, -0.25) is 0 Å². The van der Waals surface area contributed by atoms with Gasteiger partial charge in [0, 0.05) is 12.7 Å². The molecule has 1 fully saturated rings. The summed E-state index contributed by atoms with van der Waals surface area (Å²) in [4.78, 5) is 7.88. The van der Waals surface area contributed by atoms with E-state index in [1.165, 1.54) is 6.42 Å². The molecule has 0 spiro atoms. The van der Waals surface area contributed by atoms with E-state index in [0.717, 1.165) is 19.3 Å². The van der Waals surface area contributed by atoms with Crippen LogP contribution in [0.3, 0.4) is 0 Å². The van der Waals surface area contributed by atoms with Crippen molar-refractivity contribution < 1.29 is 5.11 Å². The molecule has 2 unspecified atom stereocenters. The van der Waals surface area contributed by atoms with Crippen molar-refractivity contribution in [2.45, 2.75) is 38.2 Å². The summed E-state index contributed by atoms with van der Waals surface area (Å²) in [5, 5.41) is 13.6. The first-order valence-electron chi connectivity index (χ1n) is 6.12. The molecule has 1 aromatic rings. The van der Waals surface area contributed by atoms with Gasteiger partial charge in [0.05, 0.1) is 5.60 Å². The van der Waals surface area contributed by atoms with Crippen LogP contribution in [-0.4, -0.2) is 27.2 Å². The number of nitrogens with zero attached hydrogens (tertiary/aromatic N) is 2. The number of aliphatic hydroxyl groups is 1. The Morgan fingerprint density at radius 3 is 3.18 bits per heavy atom. The van der Waals surface area contributed by atoms with E-state index < -0.39 is 5.60 Å². The van der Waals surface area contributed by atoms with Crippen molar-refractivity contribution in [3.63, 3.8) is 0 Å². The minimum atomic E-state index is -0.614. The quantitative estimate of drug-likeness (QED) is 0.739. The summed E-state index contributed by atoms with van der Waals surface area (Å²) < 4.78 is 0. The molecular formula is C12H20N4O. The molecule has 2 rings (SSSR count). The lowest BCUT2D eigenvalue weighted by molar-refractivity contribution is -0.000827. The highest BCUT2D eigenvalue weighted by Crippen LogP contribution is 2.32. The molecule has 17 heavy (non-hydrogen) atoms. The van der Waals surface area contributed by atoms with Crippen LogP contribution in [-0.2, 0) is 0 Å². The summed E-state index contributed by atoms with van der Waals surface area (Å²) in [6.07, 6.45) is 5.61. The summed E-state index contributed by atoms with van der Waals surface area (Å²) in [6, 6.07) is 1.76. The first kappa shape index (κ1) is 12.1. The van der Waals surface area contributed by atoms with Crippen LogP contribution in [0.25, 0.3) is 0 Å². The Morgan fingerprint density at radius 2 is 2.47 bits per heavy atom. The third-order valence-electron chi connectivity index (χ3n) is 3.34. The SMILES string of the molecule is CC1CCCC(O)(CNc2ccnc(N)n2)C1. The van der Waals surface area contributed by atoms with Crippen molar-refractivity contribution >= 4 is 11.8 Å². The third kappa shape index (κ3) is 3.30. The predicted octanol–water partition coefficient (Wildman–Crippen LogP) is 1.41. The largest absolute Gasteiger partial charge is 0.388 e. The molecule has 0 aliphatic heterocycles. The average Bonchev–Trinajstić information content (AvgIpc) is 2.26. The maximum Gasteiger partial charge on any atom is 0.221 e. The Balaban J connectivity index is 1.93. The van der Waals surface area contributed by atoms with Crippen LogP contribution < -0.4 is 11.1 Å². The van der Waals surface area contributed by atoms with Gasteiger partial charge in [-0.1, -0.05) is 19.8 Å². The second kappa shape index (κ2) is 4.87. The number of anilines is 2. The Hall–Kier alpha value is -1.36. The van der Waals surface area contributed by atoms with Crippen molar-refractivity contribution in [2.24, 2.45) is 5.92 Å². The van der Waals surface area contributed by atoms with Crippen molar-refractivity contribution in [1.29, 1.82) is 0 Å². The van der Waals surface area contributed by atoms with Crippen LogP contribution in [0.1, 0.15) is 32.6 Å². The maximum absolute atomic E-state index is 10.4. The van der Waals surface area contributed by atoms with Gasteiger partial charge in [-0.2, -0.15) is 4.98 Å². The zero-order valence-electron chi connectivity index (χ0n) is 10.2. The topological polar surface area (TPSA) is 84.1 Å². The van der Waals surface area contributed by atoms with Gasteiger partial charge in [0.15, 0.2) is 0 Å². The number of hydrogen-bond acceptors (Lipinski definition) is 5. The van der Waals surface area contributed by atoms with E-state index in [1.807, 2.05) is 0 Å². The smallest absolute Gasteiger partial charge is 0.221 e. The number of nitrogen functional groups attached to an aromatic ring is 1. The van der Waals surface area contributed by atoms with E-state index in [9.17, 15) is 5.11 Å². The predicted molar refractivity (Wildman–Crippen MR) is 67.5 cm³/mol. The van der Waals surface area contributed by atoms with E-state index in [2.05, 4.69) is 22.2 Å². The fraction of sp³-hybridized carbons (Fsp3) is 0.667. The highest BCUT2D eigenvalue weighted by atomic mass is 16.3. The molecule has 4 N–H and O–H groups in total. The van der Waals surface area contributed by atoms with Crippen molar-refractivity contribution in [1.82, 2.24) is 9.97 Å². The molecular weight excluding hydrogens is 216 g/mol. The van der Waals surface area contributed by atoms with Gasteiger partial charge in [-0.25, -0.2) is 4.98 Å². The lowest BCUT2D eigenvalue weighted by Crippen LogP contribution is -2.41. The molecule has 1 heterocycles. The Labute approximate surface area is 101 Å². The number of aromatic nitrogens is 2.